The number of nitrogens with zero attached hydrogens (tertiary/aromatic N) is 1. The summed E-state index contributed by atoms with van der Waals surface area (Å²) in [7, 11) is 0. The van der Waals surface area contributed by atoms with Gasteiger partial charge >= 0.3 is 0 Å². The van der Waals surface area contributed by atoms with E-state index in [0.717, 1.165) is 49.7 Å². The Morgan fingerprint density at radius 3 is 0.857 bits per heavy atom. The summed E-state index contributed by atoms with van der Waals surface area (Å²) in [5.74, 6) is -0.132. The second kappa shape index (κ2) is 30.9. The normalized spacial score (nSPS) is 13.4. The van der Waals surface area contributed by atoms with Crippen LogP contribution in [0.4, 0.5) is 5.69 Å². The van der Waals surface area contributed by atoms with Gasteiger partial charge in [-0.25, -0.2) is 4.90 Å². The minimum atomic E-state index is -0.0661. The number of hydrogen-bond donors (Lipinski definition) is 0. The van der Waals surface area contributed by atoms with E-state index in [1.54, 1.807) is 0 Å². The van der Waals surface area contributed by atoms with Crippen LogP contribution in [-0.2, 0) is 9.59 Å². The molecule has 0 fully saturated rings. The van der Waals surface area contributed by atoms with Crippen LogP contribution < -0.4 is 4.90 Å². The molecule has 3 nitrogen and oxygen atoms in total. The largest absolute Gasteiger partial charge is 0.269 e. The molecular weight excluding hydrogens is 599 g/mol. The van der Waals surface area contributed by atoms with Crippen molar-refractivity contribution in [2.24, 2.45) is 0 Å². The molecule has 0 unspecified atom stereocenters. The van der Waals surface area contributed by atoms with Gasteiger partial charge < -0.3 is 0 Å². The molecule has 3 heteroatoms. The highest BCUT2D eigenvalue weighted by molar-refractivity contribution is 6.32. The molecule has 1 heterocycles. The molecule has 1 aromatic carbocycles. The van der Waals surface area contributed by atoms with Crippen molar-refractivity contribution in [1.29, 1.82) is 0 Å². The molecule has 0 aliphatic carbocycles. The first-order valence-corrected chi connectivity index (χ1v) is 21.9. The van der Waals surface area contributed by atoms with E-state index in [0.29, 0.717) is 5.69 Å². The van der Waals surface area contributed by atoms with E-state index in [4.69, 9.17) is 0 Å². The summed E-state index contributed by atoms with van der Waals surface area (Å²) in [6.45, 7) is 4.58. The lowest BCUT2D eigenvalue weighted by atomic mass is 9.97. The van der Waals surface area contributed by atoms with E-state index in [1.807, 2.05) is 30.3 Å². The fraction of sp³-hybridized carbons (Fsp3) is 0.783. The third-order valence-corrected chi connectivity index (χ3v) is 10.9. The van der Waals surface area contributed by atoms with Gasteiger partial charge in [-0.05, 0) is 37.8 Å². The summed E-state index contributed by atoms with van der Waals surface area (Å²) in [6.07, 6.45) is 44.5. The number of unbranched alkanes of at least 4 members (excludes halogenated alkanes) is 30. The number of anilines is 1. The molecule has 0 bridgehead atoms. The number of carbonyl (C=O) groups is 2. The van der Waals surface area contributed by atoms with Crippen molar-refractivity contribution in [3.05, 3.63) is 41.5 Å². The van der Waals surface area contributed by atoms with Crippen molar-refractivity contribution < 1.29 is 9.59 Å². The van der Waals surface area contributed by atoms with Gasteiger partial charge in [0.1, 0.15) is 0 Å². The number of benzene rings is 1. The Morgan fingerprint density at radius 2 is 0.592 bits per heavy atom. The summed E-state index contributed by atoms with van der Waals surface area (Å²) in [5, 5.41) is 0. The van der Waals surface area contributed by atoms with Gasteiger partial charge in [0, 0.05) is 11.1 Å². The van der Waals surface area contributed by atoms with Crippen molar-refractivity contribution in [1.82, 2.24) is 0 Å². The van der Waals surface area contributed by atoms with Crippen LogP contribution in [0.2, 0.25) is 0 Å². The molecule has 0 saturated carbocycles. The van der Waals surface area contributed by atoms with Gasteiger partial charge in [-0.3, -0.25) is 9.59 Å². The van der Waals surface area contributed by atoms with E-state index in [2.05, 4.69) is 13.8 Å². The smallest absolute Gasteiger partial charge is 0.261 e. The SMILES string of the molecule is CCCCCCCCCCCCCCCCCCC1=C(CCCCCCCCCCCCCCCCCC)C(=O)N(c2ccccc2)C1=O. The maximum Gasteiger partial charge on any atom is 0.261 e. The first-order chi connectivity index (χ1) is 24.2. The highest BCUT2D eigenvalue weighted by atomic mass is 16.2. The number of imide groups is 1. The number of carbonyl (C=O) groups excluding carboxylic acids is 2. The quantitative estimate of drug-likeness (QED) is 0.0530. The van der Waals surface area contributed by atoms with E-state index in [9.17, 15) is 9.59 Å². The molecule has 0 spiro atoms. The molecule has 0 atom stereocenters. The number of para-hydroxylation sites is 1. The van der Waals surface area contributed by atoms with Crippen molar-refractivity contribution in [2.45, 2.75) is 232 Å². The Labute approximate surface area is 304 Å². The Bertz CT molecular complexity index is 909. The summed E-state index contributed by atoms with van der Waals surface area (Å²) >= 11 is 0. The maximum absolute atomic E-state index is 13.5. The predicted octanol–water partition coefficient (Wildman–Crippen LogP) is 15.2. The molecular formula is C46H79NO2. The van der Waals surface area contributed by atoms with Crippen molar-refractivity contribution in [3.8, 4) is 0 Å². The first-order valence-electron chi connectivity index (χ1n) is 21.9. The highest BCUT2D eigenvalue weighted by Gasteiger charge is 2.37. The Kier molecular flexibility index (Phi) is 27.3. The van der Waals surface area contributed by atoms with Gasteiger partial charge in [0.25, 0.3) is 11.8 Å². The van der Waals surface area contributed by atoms with Crippen LogP contribution >= 0.6 is 0 Å². The van der Waals surface area contributed by atoms with Gasteiger partial charge in [-0.15, -0.1) is 0 Å². The topological polar surface area (TPSA) is 37.4 Å². The van der Waals surface area contributed by atoms with Crippen LogP contribution in [0.25, 0.3) is 0 Å². The second-order valence-corrected chi connectivity index (χ2v) is 15.3. The van der Waals surface area contributed by atoms with Crippen LogP contribution in [0.15, 0.2) is 41.5 Å². The molecule has 0 saturated heterocycles. The van der Waals surface area contributed by atoms with E-state index in [1.165, 1.54) is 185 Å². The average molecular weight is 678 g/mol. The minimum Gasteiger partial charge on any atom is -0.269 e. The third-order valence-electron chi connectivity index (χ3n) is 10.9. The summed E-state index contributed by atoms with van der Waals surface area (Å²) in [5.41, 5.74) is 2.32. The van der Waals surface area contributed by atoms with Gasteiger partial charge in [-0.2, -0.15) is 0 Å². The fourth-order valence-corrected chi connectivity index (χ4v) is 7.65. The molecule has 0 N–H and O–H groups in total. The lowest BCUT2D eigenvalue weighted by molar-refractivity contribution is -0.120. The molecule has 0 aromatic heterocycles. The van der Waals surface area contributed by atoms with Crippen LogP contribution in [0.5, 0.6) is 0 Å². The zero-order chi connectivity index (χ0) is 35.0. The minimum absolute atomic E-state index is 0.0661. The van der Waals surface area contributed by atoms with Crippen molar-refractivity contribution in [3.63, 3.8) is 0 Å². The average Bonchev–Trinajstić information content (AvgIpc) is 3.35. The van der Waals surface area contributed by atoms with Gasteiger partial charge in [0.05, 0.1) is 5.69 Å². The summed E-state index contributed by atoms with van der Waals surface area (Å²) in [4.78, 5) is 28.5. The Balaban J connectivity index is 1.59. The Hall–Kier alpha value is -1.90. The zero-order valence-corrected chi connectivity index (χ0v) is 32.7. The number of amides is 2. The highest BCUT2D eigenvalue weighted by Crippen LogP contribution is 2.33. The maximum atomic E-state index is 13.5. The third kappa shape index (κ3) is 20.5. The molecule has 2 rings (SSSR count). The summed E-state index contributed by atoms with van der Waals surface area (Å²) < 4.78 is 0. The summed E-state index contributed by atoms with van der Waals surface area (Å²) in [6, 6.07) is 9.55. The van der Waals surface area contributed by atoms with Gasteiger partial charge in [0.2, 0.25) is 0 Å². The van der Waals surface area contributed by atoms with Crippen LogP contribution in [-0.4, -0.2) is 11.8 Å². The monoisotopic (exact) mass is 678 g/mol. The molecule has 280 valence electrons. The lowest BCUT2D eigenvalue weighted by Crippen LogP contribution is -2.31. The van der Waals surface area contributed by atoms with Crippen LogP contribution in [0, 0.1) is 0 Å². The molecule has 0 radical (unpaired) electrons. The molecule has 1 aliphatic heterocycles. The molecule has 1 aliphatic rings. The van der Waals surface area contributed by atoms with Crippen molar-refractivity contribution in [2.75, 3.05) is 4.90 Å². The predicted molar refractivity (Wildman–Crippen MR) is 214 cm³/mol. The van der Waals surface area contributed by atoms with Crippen LogP contribution in [0.3, 0.4) is 0 Å². The molecule has 49 heavy (non-hydrogen) atoms. The standard InChI is InChI=1S/C46H79NO2/c1-3-5-7-9-11-13-15-17-19-21-23-25-27-29-31-36-40-43-44(46(49)47(45(43)48)42-38-34-33-35-39-42)41-37-32-30-28-26-24-22-20-18-16-14-12-10-8-6-4-2/h33-35,38-39H,3-32,36-37,40-41H2,1-2H3. The first kappa shape index (κ1) is 43.3. The van der Waals surface area contributed by atoms with Crippen LogP contribution in [0.1, 0.15) is 232 Å². The van der Waals surface area contributed by atoms with Gasteiger partial charge in [0.15, 0.2) is 0 Å². The molecule has 1 aromatic rings. The fourth-order valence-electron chi connectivity index (χ4n) is 7.65. The van der Waals surface area contributed by atoms with Crippen molar-refractivity contribution >= 4 is 17.5 Å². The van der Waals surface area contributed by atoms with E-state index in [-0.39, 0.29) is 11.8 Å². The Morgan fingerprint density at radius 1 is 0.347 bits per heavy atom. The number of rotatable bonds is 35. The van der Waals surface area contributed by atoms with E-state index >= 15 is 0 Å². The number of hydrogen-bond acceptors (Lipinski definition) is 2. The van der Waals surface area contributed by atoms with E-state index < -0.39 is 0 Å². The van der Waals surface area contributed by atoms with Gasteiger partial charge in [-0.1, -0.05) is 225 Å². The zero-order valence-electron chi connectivity index (χ0n) is 32.7. The second-order valence-electron chi connectivity index (χ2n) is 15.3. The molecule has 2 amide bonds. The lowest BCUT2D eigenvalue weighted by Gasteiger charge is -2.15.